The summed E-state index contributed by atoms with van der Waals surface area (Å²) < 4.78 is 1.75. The number of benzene rings is 4. The summed E-state index contributed by atoms with van der Waals surface area (Å²) >= 11 is 7.07. The van der Waals surface area contributed by atoms with Crippen molar-refractivity contribution in [1.82, 2.24) is 0 Å². The quantitative estimate of drug-likeness (QED) is 0.172. The van der Waals surface area contributed by atoms with Gasteiger partial charge in [0.05, 0.1) is 19.6 Å². The highest BCUT2D eigenvalue weighted by Gasteiger charge is 2.43. The molecule has 4 nitrogen and oxygen atoms in total. The van der Waals surface area contributed by atoms with Crippen LogP contribution in [0.4, 0.5) is 0 Å². The molecule has 7 heteroatoms. The molecular weight excluding hydrogens is 543 g/mol. The number of hydrogen-bond acceptors (Lipinski definition) is 4. The van der Waals surface area contributed by atoms with Crippen LogP contribution < -0.4 is 10.6 Å². The van der Waals surface area contributed by atoms with Gasteiger partial charge in [0.1, 0.15) is 10.6 Å². The van der Waals surface area contributed by atoms with E-state index in [1.54, 1.807) is 24.3 Å². The molecule has 0 heterocycles. The van der Waals surface area contributed by atoms with Crippen molar-refractivity contribution in [3.63, 3.8) is 0 Å². The Morgan fingerprint density at radius 3 is 1.35 bits per heavy atom. The van der Waals surface area contributed by atoms with Crippen LogP contribution in [0.5, 0.6) is 23.0 Å². The Kier molecular flexibility index (Phi) is 5.84. The molecule has 0 aliphatic rings. The monoisotopic (exact) mass is 563 g/mol. The first-order chi connectivity index (χ1) is 14.7. The summed E-state index contributed by atoms with van der Waals surface area (Å²) in [5.41, 5.74) is 0. The zero-order chi connectivity index (χ0) is 22.5. The zero-order valence-electron chi connectivity index (χ0n) is 17.0. The van der Waals surface area contributed by atoms with Gasteiger partial charge in [-0.1, -0.05) is 31.9 Å². The number of rotatable bonds is 4. The van der Waals surface area contributed by atoms with Crippen LogP contribution in [0.15, 0.2) is 57.5 Å². The van der Waals surface area contributed by atoms with Crippen molar-refractivity contribution in [3.05, 3.63) is 57.5 Å². The number of phenolic OH excluding ortho intramolecular Hbond substituents is 4. The fraction of sp³-hybridized carbons (Fsp3) is 0.167. The van der Waals surface area contributed by atoms with Crippen molar-refractivity contribution in [2.24, 2.45) is 0 Å². The highest BCUT2D eigenvalue weighted by atomic mass is 79.9. The van der Waals surface area contributed by atoms with Gasteiger partial charge < -0.3 is 20.4 Å². The number of halogens is 2. The van der Waals surface area contributed by atoms with Gasteiger partial charge >= 0.3 is 0 Å². The maximum Gasteiger partial charge on any atom is 0.165 e. The lowest BCUT2D eigenvalue weighted by Gasteiger charge is -2.28. The van der Waals surface area contributed by atoms with E-state index in [9.17, 15) is 20.4 Å². The van der Waals surface area contributed by atoms with Gasteiger partial charge in [0.15, 0.2) is 23.0 Å². The Labute approximate surface area is 197 Å². The smallest absolute Gasteiger partial charge is 0.165 e. The lowest BCUT2D eigenvalue weighted by atomic mass is 10.1. The Morgan fingerprint density at radius 2 is 1.00 bits per heavy atom. The highest BCUT2D eigenvalue weighted by molar-refractivity contribution is 9.10. The number of aromatic hydroxyl groups is 4. The molecule has 4 aromatic rings. The minimum Gasteiger partial charge on any atom is -0.504 e. The van der Waals surface area contributed by atoms with Gasteiger partial charge in [0.2, 0.25) is 0 Å². The first kappa shape index (κ1) is 22.2. The fourth-order valence-electron chi connectivity index (χ4n) is 4.44. The van der Waals surface area contributed by atoms with E-state index in [4.69, 9.17) is 0 Å². The minimum absolute atomic E-state index is 0.141. The van der Waals surface area contributed by atoms with Crippen molar-refractivity contribution < 1.29 is 20.4 Å². The van der Waals surface area contributed by atoms with E-state index in [0.29, 0.717) is 10.8 Å². The van der Waals surface area contributed by atoms with Gasteiger partial charge in [-0.2, -0.15) is 0 Å². The number of phenols is 4. The minimum atomic E-state index is -2.17. The lowest BCUT2D eigenvalue weighted by Crippen LogP contribution is -2.27. The Balaban J connectivity index is 2.20. The third kappa shape index (κ3) is 3.45. The van der Waals surface area contributed by atoms with E-state index >= 15 is 0 Å². The van der Waals surface area contributed by atoms with Crippen LogP contribution in [0.25, 0.3) is 21.5 Å². The second-order valence-electron chi connectivity index (χ2n) is 7.51. The van der Waals surface area contributed by atoms with E-state index in [2.05, 4.69) is 45.7 Å². The van der Waals surface area contributed by atoms with Crippen LogP contribution in [0.3, 0.4) is 0 Å². The second-order valence-corrected chi connectivity index (χ2v) is 13.5. The Hall–Kier alpha value is -2.01. The Morgan fingerprint density at radius 1 is 0.613 bits per heavy atom. The zero-order valence-corrected chi connectivity index (χ0v) is 21.1. The van der Waals surface area contributed by atoms with Gasteiger partial charge in [0.25, 0.3) is 0 Å². The van der Waals surface area contributed by atoms with Crippen LogP contribution >= 0.6 is 39.1 Å². The van der Waals surface area contributed by atoms with Gasteiger partial charge in [-0.15, -0.1) is 0 Å². The largest absolute Gasteiger partial charge is 0.504 e. The second kappa shape index (κ2) is 8.16. The van der Waals surface area contributed by atoms with Crippen LogP contribution in [0, 0.1) is 0 Å². The standard InChI is InChI=1S/C24H21Br2O4P/c1-3-31(4-2,21-11-19(27)23(29)15-7-5-13(25)9-17(15)21)22-12-20(28)24(30)16-8-6-14(26)10-18(16)22/h5-12H,3-4H2,1-2H3,(H3-,27,28,29,30)/p+1. The molecule has 4 rings (SSSR count). The molecule has 4 N–H and O–H groups in total. The Bertz CT molecular complexity index is 1230. The average molecular weight is 565 g/mol. The topological polar surface area (TPSA) is 80.9 Å². The van der Waals surface area contributed by atoms with Crippen molar-refractivity contribution in [1.29, 1.82) is 0 Å². The van der Waals surface area contributed by atoms with E-state index in [-0.39, 0.29) is 23.0 Å². The van der Waals surface area contributed by atoms with Crippen molar-refractivity contribution >= 4 is 71.3 Å². The third-order valence-corrected chi connectivity index (χ3v) is 11.8. The van der Waals surface area contributed by atoms with E-state index < -0.39 is 7.26 Å². The molecule has 0 bridgehead atoms. The predicted molar refractivity (Wildman–Crippen MR) is 137 cm³/mol. The molecular formula is C24H22Br2O4P+. The first-order valence-corrected chi connectivity index (χ1v) is 13.6. The molecule has 0 aliphatic heterocycles. The summed E-state index contributed by atoms with van der Waals surface area (Å²) in [6.07, 6.45) is 1.56. The molecule has 0 atom stereocenters. The summed E-state index contributed by atoms with van der Waals surface area (Å²) in [7, 11) is -2.17. The molecule has 0 aliphatic carbocycles. The summed E-state index contributed by atoms with van der Waals surface area (Å²) in [5, 5.41) is 47.0. The fourth-order valence-corrected chi connectivity index (χ4v) is 9.26. The molecule has 0 radical (unpaired) electrons. The molecule has 0 aromatic heterocycles. The third-order valence-electron chi connectivity index (χ3n) is 6.06. The molecule has 0 saturated carbocycles. The molecule has 160 valence electrons. The van der Waals surface area contributed by atoms with Gasteiger partial charge in [-0.05, 0) is 50.2 Å². The molecule has 0 spiro atoms. The number of fused-ring (bicyclic) bond motifs is 2. The molecule has 0 saturated heterocycles. The SMILES string of the molecule is CC[P+](CC)(c1cc(O)c(O)c2ccc(Br)cc12)c1cc(O)c(O)c2ccc(Br)cc12. The summed E-state index contributed by atoms with van der Waals surface area (Å²) in [5.74, 6) is -0.607. The van der Waals surface area contributed by atoms with Gasteiger partial charge in [-0.25, -0.2) is 0 Å². The van der Waals surface area contributed by atoms with Gasteiger partial charge in [-0.3, -0.25) is 0 Å². The number of hydrogen-bond donors (Lipinski definition) is 4. The molecule has 0 unspecified atom stereocenters. The summed E-state index contributed by atoms with van der Waals surface area (Å²) in [6.45, 7) is 4.22. The first-order valence-electron chi connectivity index (χ1n) is 9.90. The van der Waals surface area contributed by atoms with Crippen LogP contribution in [-0.2, 0) is 0 Å². The van der Waals surface area contributed by atoms with Crippen molar-refractivity contribution in [2.45, 2.75) is 13.8 Å². The van der Waals surface area contributed by atoms with E-state index in [1.807, 2.05) is 24.3 Å². The lowest BCUT2D eigenvalue weighted by molar-refractivity contribution is 0.408. The highest BCUT2D eigenvalue weighted by Crippen LogP contribution is 2.60. The van der Waals surface area contributed by atoms with E-state index in [0.717, 1.165) is 42.7 Å². The van der Waals surface area contributed by atoms with Crippen molar-refractivity contribution in [3.8, 4) is 23.0 Å². The van der Waals surface area contributed by atoms with Crippen LogP contribution in [0.1, 0.15) is 13.8 Å². The molecule has 0 amide bonds. The van der Waals surface area contributed by atoms with Crippen molar-refractivity contribution in [2.75, 3.05) is 12.3 Å². The van der Waals surface area contributed by atoms with Crippen LogP contribution in [0.2, 0.25) is 0 Å². The normalized spacial score (nSPS) is 12.0. The average Bonchev–Trinajstić information content (AvgIpc) is 2.75. The summed E-state index contributed by atoms with van der Waals surface area (Å²) in [4.78, 5) is 0. The molecule has 31 heavy (non-hydrogen) atoms. The van der Waals surface area contributed by atoms with E-state index in [1.165, 1.54) is 0 Å². The maximum atomic E-state index is 10.6. The van der Waals surface area contributed by atoms with Crippen LogP contribution in [-0.4, -0.2) is 32.7 Å². The van der Waals surface area contributed by atoms with Gasteiger partial charge in [0, 0.05) is 42.6 Å². The molecule has 0 fully saturated rings. The summed E-state index contributed by atoms with van der Waals surface area (Å²) in [6, 6.07) is 14.5. The maximum absolute atomic E-state index is 10.6. The molecule has 4 aromatic carbocycles. The predicted octanol–water partition coefficient (Wildman–Crippen LogP) is 6.35.